The average molecular weight is 391 g/mol. The van der Waals surface area contributed by atoms with E-state index in [9.17, 15) is 14.4 Å². The van der Waals surface area contributed by atoms with E-state index in [4.69, 9.17) is 9.47 Å². The number of likely N-dealkylation sites (N-methyl/N-ethyl adjacent to an activating group) is 1. The van der Waals surface area contributed by atoms with Crippen LogP contribution in [0.4, 0.5) is 16.2 Å². The van der Waals surface area contributed by atoms with Gasteiger partial charge in [-0.15, -0.1) is 0 Å². The van der Waals surface area contributed by atoms with Crippen molar-refractivity contribution < 1.29 is 23.9 Å². The van der Waals surface area contributed by atoms with E-state index in [1.165, 1.54) is 4.90 Å². The highest BCUT2D eigenvalue weighted by Crippen LogP contribution is 2.34. The minimum Gasteiger partial charge on any atom is -0.482 e. The Bertz CT molecular complexity index is 742. The summed E-state index contributed by atoms with van der Waals surface area (Å²) in [6.45, 7) is 7.81. The molecule has 0 spiro atoms. The van der Waals surface area contributed by atoms with Gasteiger partial charge in [0, 0.05) is 19.3 Å². The smallest absolute Gasteiger partial charge is 0.412 e. The molecule has 0 atom stereocenters. The molecule has 0 saturated heterocycles. The van der Waals surface area contributed by atoms with E-state index >= 15 is 0 Å². The fraction of sp³-hybridized carbons (Fsp3) is 0.550. The van der Waals surface area contributed by atoms with Crippen molar-refractivity contribution in [2.75, 3.05) is 37.0 Å². The van der Waals surface area contributed by atoms with Crippen molar-refractivity contribution in [3.63, 3.8) is 0 Å². The van der Waals surface area contributed by atoms with E-state index in [0.29, 0.717) is 23.7 Å². The highest BCUT2D eigenvalue weighted by Gasteiger charge is 2.29. The van der Waals surface area contributed by atoms with Crippen molar-refractivity contribution in [2.24, 2.45) is 0 Å². The molecule has 1 heterocycles. The molecule has 0 aliphatic carbocycles. The molecule has 0 aromatic heterocycles. The molecule has 8 heteroatoms. The number of nitrogens with one attached hydrogen (secondary N) is 1. The molecule has 1 aromatic rings. The maximum Gasteiger partial charge on any atom is 0.412 e. The zero-order valence-corrected chi connectivity index (χ0v) is 17.2. The highest BCUT2D eigenvalue weighted by atomic mass is 16.6. The van der Waals surface area contributed by atoms with Gasteiger partial charge < -0.3 is 14.4 Å². The van der Waals surface area contributed by atoms with E-state index in [-0.39, 0.29) is 25.0 Å². The van der Waals surface area contributed by atoms with E-state index in [1.807, 2.05) is 0 Å². The van der Waals surface area contributed by atoms with Gasteiger partial charge in [0.1, 0.15) is 17.9 Å². The van der Waals surface area contributed by atoms with Gasteiger partial charge >= 0.3 is 6.09 Å². The number of hydrogen-bond donors (Lipinski definition) is 1. The summed E-state index contributed by atoms with van der Waals surface area (Å²) in [7, 11) is 1.73. The van der Waals surface area contributed by atoms with Crippen LogP contribution in [0.15, 0.2) is 18.2 Å². The molecular formula is C20H29N3O5. The molecule has 0 bridgehead atoms. The van der Waals surface area contributed by atoms with Crippen LogP contribution in [0.3, 0.4) is 0 Å². The van der Waals surface area contributed by atoms with Crippen LogP contribution in [0.2, 0.25) is 0 Å². The summed E-state index contributed by atoms with van der Waals surface area (Å²) in [5, 5.41) is 2.64. The standard InChI is InChI=1S/C20H29N3O5/c1-6-7-10-22(5)17(24)12-23-15-11-14(21-19(26)28-20(2,3)4)8-9-16(15)27-13-18(23)25/h8-9,11H,6-7,10,12-13H2,1-5H3,(H,21,26). The van der Waals surface area contributed by atoms with Crippen molar-refractivity contribution >= 4 is 29.3 Å². The minimum atomic E-state index is -0.626. The van der Waals surface area contributed by atoms with Crippen LogP contribution in [0, 0.1) is 0 Å². The quantitative estimate of drug-likeness (QED) is 0.805. The number of carbonyl (C=O) groups is 3. The van der Waals surface area contributed by atoms with Crippen LogP contribution in [0.1, 0.15) is 40.5 Å². The summed E-state index contributed by atoms with van der Waals surface area (Å²) >= 11 is 0. The van der Waals surface area contributed by atoms with Gasteiger partial charge in [-0.25, -0.2) is 4.79 Å². The number of nitrogens with zero attached hydrogens (tertiary/aromatic N) is 2. The van der Waals surface area contributed by atoms with Crippen molar-refractivity contribution in [1.82, 2.24) is 4.90 Å². The highest BCUT2D eigenvalue weighted by molar-refractivity contribution is 6.03. The number of fused-ring (bicyclic) bond motifs is 1. The molecule has 28 heavy (non-hydrogen) atoms. The summed E-state index contributed by atoms with van der Waals surface area (Å²) in [6.07, 6.45) is 1.29. The molecule has 1 aromatic carbocycles. The third kappa shape index (κ3) is 5.87. The van der Waals surface area contributed by atoms with E-state index < -0.39 is 11.7 Å². The molecule has 2 rings (SSSR count). The third-order valence-electron chi connectivity index (χ3n) is 4.11. The number of benzene rings is 1. The SMILES string of the molecule is CCCCN(C)C(=O)CN1C(=O)COc2ccc(NC(=O)OC(C)(C)C)cc21. The zero-order chi connectivity index (χ0) is 20.9. The first-order valence-electron chi connectivity index (χ1n) is 9.42. The Balaban J connectivity index is 2.17. The Labute approximate surface area is 165 Å². The minimum absolute atomic E-state index is 0.0781. The third-order valence-corrected chi connectivity index (χ3v) is 4.11. The Hall–Kier alpha value is -2.77. The summed E-state index contributed by atoms with van der Waals surface area (Å²) in [6, 6.07) is 4.92. The van der Waals surface area contributed by atoms with Crippen LogP contribution in [0.5, 0.6) is 5.75 Å². The van der Waals surface area contributed by atoms with Crippen molar-refractivity contribution in [3.8, 4) is 5.75 Å². The normalized spacial score (nSPS) is 13.5. The van der Waals surface area contributed by atoms with Gasteiger partial charge in [-0.1, -0.05) is 13.3 Å². The first kappa shape index (κ1) is 21.5. The molecule has 0 fully saturated rings. The lowest BCUT2D eigenvalue weighted by Crippen LogP contribution is -2.45. The summed E-state index contributed by atoms with van der Waals surface area (Å²) in [5.74, 6) is 0.0256. The molecule has 3 amide bonds. The number of carbonyl (C=O) groups excluding carboxylic acids is 3. The van der Waals surface area contributed by atoms with Gasteiger partial charge in [-0.3, -0.25) is 19.8 Å². The number of unbranched alkanes of at least 4 members (excludes halogenated alkanes) is 1. The van der Waals surface area contributed by atoms with Crippen molar-refractivity contribution in [2.45, 2.75) is 46.1 Å². The first-order chi connectivity index (χ1) is 13.1. The lowest BCUT2D eigenvalue weighted by Gasteiger charge is -2.30. The Morgan fingerprint density at radius 3 is 2.68 bits per heavy atom. The first-order valence-corrected chi connectivity index (χ1v) is 9.42. The molecule has 0 radical (unpaired) electrons. The van der Waals surface area contributed by atoms with Gasteiger partial charge in [0.25, 0.3) is 5.91 Å². The van der Waals surface area contributed by atoms with E-state index in [0.717, 1.165) is 12.8 Å². The second-order valence-electron chi connectivity index (χ2n) is 7.75. The molecule has 154 valence electrons. The molecule has 0 saturated carbocycles. The Morgan fingerprint density at radius 2 is 2.04 bits per heavy atom. The van der Waals surface area contributed by atoms with Crippen molar-refractivity contribution in [3.05, 3.63) is 18.2 Å². The largest absolute Gasteiger partial charge is 0.482 e. The number of anilines is 2. The molecular weight excluding hydrogens is 362 g/mol. The van der Waals surface area contributed by atoms with Crippen LogP contribution >= 0.6 is 0 Å². The van der Waals surface area contributed by atoms with Gasteiger partial charge in [0.2, 0.25) is 5.91 Å². The summed E-state index contributed by atoms with van der Waals surface area (Å²) in [5.41, 5.74) is 0.268. The van der Waals surface area contributed by atoms with Crippen LogP contribution in [0.25, 0.3) is 0 Å². The van der Waals surface area contributed by atoms with Gasteiger partial charge in [0.05, 0.1) is 5.69 Å². The number of ether oxygens (including phenoxy) is 2. The number of amides is 3. The fourth-order valence-corrected chi connectivity index (χ4v) is 2.65. The monoisotopic (exact) mass is 391 g/mol. The number of hydrogen-bond acceptors (Lipinski definition) is 5. The Kier molecular flexibility index (Phi) is 6.88. The average Bonchev–Trinajstić information content (AvgIpc) is 2.60. The maximum atomic E-state index is 12.5. The van der Waals surface area contributed by atoms with Crippen LogP contribution in [-0.2, 0) is 14.3 Å². The predicted octanol–water partition coefficient (Wildman–Crippen LogP) is 3.02. The van der Waals surface area contributed by atoms with E-state index in [1.54, 1.807) is 50.9 Å². The molecule has 1 aliphatic heterocycles. The molecule has 1 aliphatic rings. The van der Waals surface area contributed by atoms with Gasteiger partial charge in [0.15, 0.2) is 6.61 Å². The fourth-order valence-electron chi connectivity index (χ4n) is 2.65. The van der Waals surface area contributed by atoms with Crippen molar-refractivity contribution in [1.29, 1.82) is 0 Å². The summed E-state index contributed by atoms with van der Waals surface area (Å²) < 4.78 is 10.7. The lowest BCUT2D eigenvalue weighted by molar-refractivity contribution is -0.131. The van der Waals surface area contributed by atoms with Crippen LogP contribution in [-0.4, -0.2) is 55.2 Å². The second-order valence-corrected chi connectivity index (χ2v) is 7.75. The van der Waals surface area contributed by atoms with Crippen LogP contribution < -0.4 is 15.0 Å². The Morgan fingerprint density at radius 1 is 1.32 bits per heavy atom. The second kappa shape index (κ2) is 8.95. The topological polar surface area (TPSA) is 88.2 Å². The number of rotatable bonds is 6. The molecule has 8 nitrogen and oxygen atoms in total. The van der Waals surface area contributed by atoms with E-state index in [2.05, 4.69) is 12.2 Å². The maximum absolute atomic E-state index is 12.5. The predicted molar refractivity (Wildman–Crippen MR) is 107 cm³/mol. The van der Waals surface area contributed by atoms with Gasteiger partial charge in [-0.05, 0) is 45.4 Å². The lowest BCUT2D eigenvalue weighted by atomic mass is 10.2. The molecule has 0 unspecified atom stereocenters. The zero-order valence-electron chi connectivity index (χ0n) is 17.2. The van der Waals surface area contributed by atoms with Gasteiger partial charge in [-0.2, -0.15) is 0 Å². The summed E-state index contributed by atoms with van der Waals surface area (Å²) in [4.78, 5) is 39.9. The molecule has 1 N–H and O–H groups in total.